The number of methoxy groups -OCH3 is 1. The van der Waals surface area contributed by atoms with Gasteiger partial charge in [0, 0.05) is 12.3 Å². The molecule has 1 aliphatic heterocycles. The molecule has 0 saturated carbocycles. The van der Waals surface area contributed by atoms with Gasteiger partial charge in [-0.2, -0.15) is 0 Å². The summed E-state index contributed by atoms with van der Waals surface area (Å²) in [6, 6.07) is 10.1. The van der Waals surface area contributed by atoms with Gasteiger partial charge in [0.05, 0.1) is 20.3 Å². The monoisotopic (exact) mass is 370 g/mol. The van der Waals surface area contributed by atoms with Crippen molar-refractivity contribution in [1.29, 1.82) is 0 Å². The number of nitrogens with one attached hydrogen (secondary N) is 1. The zero-order valence-electron chi connectivity index (χ0n) is 16.2. The number of pyridine rings is 1. The lowest BCUT2D eigenvalue weighted by molar-refractivity contribution is 0.0289. The van der Waals surface area contributed by atoms with Crippen LogP contribution in [0.25, 0.3) is 11.1 Å². The van der Waals surface area contributed by atoms with Crippen molar-refractivity contribution in [3.05, 3.63) is 47.7 Å². The van der Waals surface area contributed by atoms with Gasteiger partial charge >= 0.3 is 6.09 Å². The highest BCUT2D eigenvalue weighted by molar-refractivity contribution is 5.70. The second-order valence-electron chi connectivity index (χ2n) is 7.45. The molecule has 0 aliphatic carbocycles. The first-order valence-corrected chi connectivity index (χ1v) is 9.08. The molecular formula is C21H26N2O4. The van der Waals surface area contributed by atoms with Crippen LogP contribution in [0.5, 0.6) is 5.88 Å². The maximum atomic E-state index is 12.0. The Labute approximate surface area is 159 Å². The van der Waals surface area contributed by atoms with Gasteiger partial charge in [-0.1, -0.05) is 18.2 Å². The molecule has 0 radical (unpaired) electrons. The Morgan fingerprint density at radius 1 is 1.33 bits per heavy atom. The number of fused-ring (bicyclic) bond motifs is 1. The molecule has 0 unspecified atom stereocenters. The van der Waals surface area contributed by atoms with Crippen LogP contribution in [0.2, 0.25) is 0 Å². The van der Waals surface area contributed by atoms with Crippen LogP contribution in [-0.4, -0.2) is 36.9 Å². The predicted molar refractivity (Wildman–Crippen MR) is 103 cm³/mol. The number of benzene rings is 1. The maximum absolute atomic E-state index is 12.0. The van der Waals surface area contributed by atoms with Gasteiger partial charge < -0.3 is 19.5 Å². The van der Waals surface area contributed by atoms with Crippen LogP contribution in [0.3, 0.4) is 0 Å². The van der Waals surface area contributed by atoms with Crippen LogP contribution >= 0.6 is 0 Å². The van der Waals surface area contributed by atoms with Gasteiger partial charge in [0.1, 0.15) is 11.7 Å². The summed E-state index contributed by atoms with van der Waals surface area (Å²) in [5, 5.41) is 2.81. The van der Waals surface area contributed by atoms with Crippen LogP contribution < -0.4 is 10.1 Å². The molecule has 0 bridgehead atoms. The number of carbonyl (C=O) groups is 1. The second kappa shape index (κ2) is 7.96. The molecule has 0 fully saturated rings. The molecule has 1 N–H and O–H groups in total. The molecule has 1 amide bonds. The van der Waals surface area contributed by atoms with Crippen molar-refractivity contribution < 1.29 is 19.0 Å². The molecule has 27 heavy (non-hydrogen) atoms. The Morgan fingerprint density at radius 2 is 2.15 bits per heavy atom. The van der Waals surface area contributed by atoms with E-state index in [2.05, 4.69) is 22.4 Å². The molecule has 144 valence electrons. The summed E-state index contributed by atoms with van der Waals surface area (Å²) in [4.78, 5) is 16.1. The summed E-state index contributed by atoms with van der Waals surface area (Å²) in [6.45, 7) is 6.49. The Morgan fingerprint density at radius 3 is 2.89 bits per heavy atom. The van der Waals surface area contributed by atoms with Gasteiger partial charge in [-0.15, -0.1) is 0 Å². The molecule has 2 aromatic rings. The van der Waals surface area contributed by atoms with Gasteiger partial charge in [-0.3, -0.25) is 0 Å². The molecule has 6 nitrogen and oxygen atoms in total. The quantitative estimate of drug-likeness (QED) is 0.884. The number of carbonyl (C=O) groups excluding carboxylic acids is 1. The number of alkyl carbamates (subject to hydrolysis) is 1. The molecular weight excluding hydrogens is 344 g/mol. The average Bonchev–Trinajstić information content (AvgIpc) is 2.64. The third-order valence-corrected chi connectivity index (χ3v) is 4.32. The largest absolute Gasteiger partial charge is 0.481 e. The first-order chi connectivity index (χ1) is 12.9. The van der Waals surface area contributed by atoms with Gasteiger partial charge in [-0.05, 0) is 55.5 Å². The van der Waals surface area contributed by atoms with Crippen LogP contribution in [0.15, 0.2) is 36.5 Å². The van der Waals surface area contributed by atoms with Crippen molar-refractivity contribution in [3.63, 3.8) is 0 Å². The molecule has 1 aliphatic rings. The standard InChI is InChI=1S/C21H26N2O4/c1-21(2,3)27-20(24)23-13-18-17-7-5-6-15(16(17)9-11-26-18)14-8-10-22-19(12-14)25-4/h5-8,10,12,18H,9,11,13H2,1-4H3,(H,23,24)/t18-/m1/s1. The molecule has 2 heterocycles. The van der Waals surface area contributed by atoms with E-state index in [-0.39, 0.29) is 6.10 Å². The zero-order chi connectivity index (χ0) is 19.4. The molecule has 1 aromatic heterocycles. The van der Waals surface area contributed by atoms with Crippen molar-refractivity contribution in [2.45, 2.75) is 38.9 Å². The average molecular weight is 370 g/mol. The summed E-state index contributed by atoms with van der Waals surface area (Å²) < 4.78 is 16.5. The topological polar surface area (TPSA) is 69.7 Å². The van der Waals surface area contributed by atoms with E-state index in [1.54, 1.807) is 13.3 Å². The molecule has 0 saturated heterocycles. The van der Waals surface area contributed by atoms with E-state index < -0.39 is 11.7 Å². The number of aromatic nitrogens is 1. The third kappa shape index (κ3) is 4.77. The van der Waals surface area contributed by atoms with E-state index in [9.17, 15) is 4.79 Å². The summed E-state index contributed by atoms with van der Waals surface area (Å²) >= 11 is 0. The van der Waals surface area contributed by atoms with Crippen LogP contribution in [0.4, 0.5) is 4.79 Å². The summed E-state index contributed by atoms with van der Waals surface area (Å²) in [7, 11) is 1.61. The van der Waals surface area contributed by atoms with Gasteiger partial charge in [-0.25, -0.2) is 9.78 Å². The molecule has 3 rings (SSSR count). The number of hydrogen-bond donors (Lipinski definition) is 1. The van der Waals surface area contributed by atoms with E-state index in [1.165, 1.54) is 5.56 Å². The molecule has 1 atom stereocenters. The van der Waals surface area contributed by atoms with Crippen molar-refractivity contribution in [1.82, 2.24) is 10.3 Å². The number of hydrogen-bond acceptors (Lipinski definition) is 5. The molecule has 1 aromatic carbocycles. The Hall–Kier alpha value is -2.60. The summed E-state index contributed by atoms with van der Waals surface area (Å²) in [6.07, 6.45) is 1.92. The van der Waals surface area contributed by atoms with Crippen LogP contribution in [-0.2, 0) is 15.9 Å². The fourth-order valence-corrected chi connectivity index (χ4v) is 3.20. The van der Waals surface area contributed by atoms with E-state index in [0.29, 0.717) is 19.0 Å². The lowest BCUT2D eigenvalue weighted by Crippen LogP contribution is -2.36. The number of rotatable bonds is 4. The lowest BCUT2D eigenvalue weighted by atomic mass is 9.90. The SMILES string of the molecule is COc1cc(-c2cccc3c2CCO[C@@H]3CNC(=O)OC(C)(C)C)ccn1. The minimum absolute atomic E-state index is 0.204. The maximum Gasteiger partial charge on any atom is 0.407 e. The van der Waals surface area contributed by atoms with Crippen molar-refractivity contribution in [3.8, 4) is 17.0 Å². The first kappa shape index (κ1) is 19.2. The minimum atomic E-state index is -0.525. The Balaban J connectivity index is 1.81. The fraction of sp³-hybridized carbons (Fsp3) is 0.429. The number of ether oxygens (including phenoxy) is 3. The lowest BCUT2D eigenvalue weighted by Gasteiger charge is -2.28. The minimum Gasteiger partial charge on any atom is -0.481 e. The zero-order valence-corrected chi connectivity index (χ0v) is 16.2. The number of nitrogens with zero attached hydrogens (tertiary/aromatic N) is 1. The number of amides is 1. The highest BCUT2D eigenvalue weighted by Gasteiger charge is 2.25. The van der Waals surface area contributed by atoms with E-state index in [1.807, 2.05) is 39.0 Å². The first-order valence-electron chi connectivity index (χ1n) is 9.08. The third-order valence-electron chi connectivity index (χ3n) is 4.32. The normalized spacial score (nSPS) is 16.4. The highest BCUT2D eigenvalue weighted by Crippen LogP contribution is 2.35. The van der Waals surface area contributed by atoms with Gasteiger partial charge in [0.25, 0.3) is 0 Å². The highest BCUT2D eigenvalue weighted by atomic mass is 16.6. The van der Waals surface area contributed by atoms with E-state index in [0.717, 1.165) is 23.1 Å². The van der Waals surface area contributed by atoms with Gasteiger partial charge in [0.2, 0.25) is 5.88 Å². The van der Waals surface area contributed by atoms with E-state index >= 15 is 0 Å². The smallest absolute Gasteiger partial charge is 0.407 e. The molecule has 6 heteroatoms. The van der Waals surface area contributed by atoms with E-state index in [4.69, 9.17) is 14.2 Å². The van der Waals surface area contributed by atoms with Gasteiger partial charge in [0.15, 0.2) is 0 Å². The van der Waals surface area contributed by atoms with Crippen molar-refractivity contribution >= 4 is 6.09 Å². The summed E-state index contributed by atoms with van der Waals surface area (Å²) in [5.41, 5.74) is 3.99. The fourth-order valence-electron chi connectivity index (χ4n) is 3.20. The second-order valence-corrected chi connectivity index (χ2v) is 7.45. The van der Waals surface area contributed by atoms with Crippen LogP contribution in [0, 0.1) is 0 Å². The predicted octanol–water partition coefficient (Wildman–Crippen LogP) is 3.90. The van der Waals surface area contributed by atoms with Crippen molar-refractivity contribution in [2.24, 2.45) is 0 Å². The van der Waals surface area contributed by atoms with Crippen LogP contribution in [0.1, 0.15) is 38.0 Å². The summed E-state index contributed by atoms with van der Waals surface area (Å²) in [5.74, 6) is 0.584. The Kier molecular flexibility index (Phi) is 5.65. The van der Waals surface area contributed by atoms with Crippen molar-refractivity contribution in [2.75, 3.05) is 20.3 Å². The Bertz CT molecular complexity index is 814. The molecule has 0 spiro atoms.